The third-order valence-electron chi connectivity index (χ3n) is 7.54. The fraction of sp³-hybridized carbons (Fsp3) is 0.769. The lowest BCUT2D eigenvalue weighted by Crippen LogP contribution is -2.29. The van der Waals surface area contributed by atoms with Crippen LogP contribution in [0.4, 0.5) is 22.0 Å². The minimum Gasteiger partial charge on any atom is -0.202 e. The maximum atomic E-state index is 13.7. The molecule has 178 valence electrons. The van der Waals surface area contributed by atoms with Crippen LogP contribution in [0.3, 0.4) is 0 Å². The van der Waals surface area contributed by atoms with E-state index in [2.05, 4.69) is 19.9 Å². The van der Waals surface area contributed by atoms with Gasteiger partial charge in [0.15, 0.2) is 0 Å². The summed E-state index contributed by atoms with van der Waals surface area (Å²) in [6.07, 6.45) is 10.0. The van der Waals surface area contributed by atoms with Crippen LogP contribution in [0.2, 0.25) is 0 Å². The van der Waals surface area contributed by atoms with Crippen molar-refractivity contribution < 1.29 is 22.0 Å². The van der Waals surface area contributed by atoms with E-state index >= 15 is 0 Å². The monoisotopic (exact) mass is 446 g/mol. The maximum Gasteiger partial charge on any atom is 0.392 e. The average Bonchev–Trinajstić information content (AvgIpc) is 2.71. The van der Waals surface area contributed by atoms with Crippen LogP contribution in [0.15, 0.2) is 35.5 Å². The molecular formula is C26H39F5. The number of hydrogen-bond donors (Lipinski definition) is 0. The van der Waals surface area contributed by atoms with Crippen molar-refractivity contribution in [2.45, 2.75) is 97.6 Å². The van der Waals surface area contributed by atoms with E-state index in [0.717, 1.165) is 18.4 Å². The molecule has 4 unspecified atom stereocenters. The second kappa shape index (κ2) is 11.1. The Morgan fingerprint density at radius 3 is 2.23 bits per heavy atom. The van der Waals surface area contributed by atoms with Crippen LogP contribution < -0.4 is 0 Å². The molecule has 2 aliphatic rings. The highest BCUT2D eigenvalue weighted by Gasteiger charge is 2.43. The van der Waals surface area contributed by atoms with Crippen LogP contribution in [0.1, 0.15) is 85.5 Å². The van der Waals surface area contributed by atoms with E-state index in [1.165, 1.54) is 44.6 Å². The van der Waals surface area contributed by atoms with E-state index in [1.807, 2.05) is 12.2 Å². The SMILES string of the molecule is CC=C(CC(CC1C=CC(C(C)C(CC)C2CCCCC2)=CC1)C(F)(F)F)C(C)(F)F. The van der Waals surface area contributed by atoms with Crippen molar-refractivity contribution in [1.82, 2.24) is 0 Å². The third-order valence-corrected chi connectivity index (χ3v) is 7.54. The summed E-state index contributed by atoms with van der Waals surface area (Å²) in [4.78, 5) is 0. The van der Waals surface area contributed by atoms with E-state index in [4.69, 9.17) is 0 Å². The Morgan fingerprint density at radius 1 is 1.13 bits per heavy atom. The van der Waals surface area contributed by atoms with Gasteiger partial charge in [-0.1, -0.05) is 76.7 Å². The first kappa shape index (κ1) is 26.1. The smallest absolute Gasteiger partial charge is 0.202 e. The predicted molar refractivity (Wildman–Crippen MR) is 118 cm³/mol. The van der Waals surface area contributed by atoms with Crippen LogP contribution in [0.5, 0.6) is 0 Å². The Balaban J connectivity index is 2.02. The Kier molecular flexibility index (Phi) is 9.39. The zero-order valence-corrected chi connectivity index (χ0v) is 19.4. The summed E-state index contributed by atoms with van der Waals surface area (Å²) in [6, 6.07) is 0. The summed E-state index contributed by atoms with van der Waals surface area (Å²) in [6.45, 7) is 6.54. The van der Waals surface area contributed by atoms with E-state index in [1.54, 1.807) is 0 Å². The molecule has 0 bridgehead atoms. The molecule has 1 saturated carbocycles. The highest BCUT2D eigenvalue weighted by molar-refractivity contribution is 5.27. The summed E-state index contributed by atoms with van der Waals surface area (Å²) in [5, 5.41) is 0. The molecule has 0 N–H and O–H groups in total. The quantitative estimate of drug-likeness (QED) is 0.244. The third kappa shape index (κ3) is 7.46. The van der Waals surface area contributed by atoms with E-state index in [9.17, 15) is 22.0 Å². The molecule has 0 nitrogen and oxygen atoms in total. The number of allylic oxidation sites excluding steroid dienone is 6. The highest BCUT2D eigenvalue weighted by atomic mass is 19.4. The molecule has 0 aromatic heterocycles. The van der Waals surface area contributed by atoms with Gasteiger partial charge in [0.05, 0.1) is 5.92 Å². The van der Waals surface area contributed by atoms with Gasteiger partial charge >= 0.3 is 6.18 Å². The average molecular weight is 447 g/mol. The fourth-order valence-electron chi connectivity index (χ4n) is 5.61. The first-order chi connectivity index (χ1) is 14.5. The van der Waals surface area contributed by atoms with Gasteiger partial charge in [0.2, 0.25) is 0 Å². The molecule has 2 aliphatic carbocycles. The van der Waals surface area contributed by atoms with Crippen molar-refractivity contribution in [1.29, 1.82) is 0 Å². The van der Waals surface area contributed by atoms with Crippen molar-refractivity contribution in [3.63, 3.8) is 0 Å². The van der Waals surface area contributed by atoms with Crippen molar-refractivity contribution in [2.24, 2.45) is 29.6 Å². The second-order valence-electron chi connectivity index (χ2n) is 9.70. The van der Waals surface area contributed by atoms with Gasteiger partial charge < -0.3 is 0 Å². The van der Waals surface area contributed by atoms with Gasteiger partial charge in [-0.2, -0.15) is 13.2 Å². The van der Waals surface area contributed by atoms with Gasteiger partial charge in [-0.05, 0) is 61.0 Å². The Morgan fingerprint density at radius 2 is 1.77 bits per heavy atom. The molecule has 0 saturated heterocycles. The van der Waals surface area contributed by atoms with Gasteiger partial charge in [-0.25, -0.2) is 8.78 Å². The van der Waals surface area contributed by atoms with Gasteiger partial charge in [0.1, 0.15) is 0 Å². The van der Waals surface area contributed by atoms with Crippen molar-refractivity contribution in [3.05, 3.63) is 35.5 Å². The number of rotatable bonds is 9. The number of alkyl halides is 5. The van der Waals surface area contributed by atoms with Crippen LogP contribution >= 0.6 is 0 Å². The number of hydrogen-bond acceptors (Lipinski definition) is 0. The minimum absolute atomic E-state index is 0.147. The summed E-state index contributed by atoms with van der Waals surface area (Å²) in [5.74, 6) is -3.49. The largest absolute Gasteiger partial charge is 0.392 e. The Labute approximate surface area is 185 Å². The molecule has 5 heteroatoms. The summed E-state index contributed by atoms with van der Waals surface area (Å²) < 4.78 is 68.1. The zero-order chi connectivity index (χ0) is 23.2. The Bertz CT molecular complexity index is 644. The zero-order valence-electron chi connectivity index (χ0n) is 19.4. The lowest BCUT2D eigenvalue weighted by atomic mass is 9.70. The molecule has 31 heavy (non-hydrogen) atoms. The van der Waals surface area contributed by atoms with Crippen LogP contribution in [0, 0.1) is 29.6 Å². The van der Waals surface area contributed by atoms with Crippen molar-refractivity contribution in [2.75, 3.05) is 0 Å². The van der Waals surface area contributed by atoms with Crippen LogP contribution in [0.25, 0.3) is 0 Å². The topological polar surface area (TPSA) is 0 Å². The van der Waals surface area contributed by atoms with Gasteiger partial charge in [-0.3, -0.25) is 0 Å². The summed E-state index contributed by atoms with van der Waals surface area (Å²) in [5.41, 5.74) is 0.796. The minimum atomic E-state index is -4.49. The molecule has 2 rings (SSSR count). The van der Waals surface area contributed by atoms with Crippen LogP contribution in [-0.4, -0.2) is 12.1 Å². The van der Waals surface area contributed by atoms with Crippen LogP contribution in [-0.2, 0) is 0 Å². The summed E-state index contributed by atoms with van der Waals surface area (Å²) in [7, 11) is 0. The fourth-order valence-corrected chi connectivity index (χ4v) is 5.61. The molecule has 0 amide bonds. The molecule has 1 fully saturated rings. The molecule has 0 aliphatic heterocycles. The molecule has 0 radical (unpaired) electrons. The van der Waals surface area contributed by atoms with E-state index < -0.39 is 30.0 Å². The first-order valence-corrected chi connectivity index (χ1v) is 12.0. The van der Waals surface area contributed by atoms with Gasteiger partial charge in [0, 0.05) is 6.92 Å². The molecule has 0 spiro atoms. The second-order valence-corrected chi connectivity index (χ2v) is 9.70. The first-order valence-electron chi connectivity index (χ1n) is 12.0. The van der Waals surface area contributed by atoms with Gasteiger partial charge in [-0.15, -0.1) is 0 Å². The molecular weight excluding hydrogens is 407 g/mol. The Hall–Kier alpha value is -1.13. The van der Waals surface area contributed by atoms with E-state index in [0.29, 0.717) is 25.2 Å². The standard InChI is InChI=1S/C26H39F5/c1-5-22(25(4,27)28)17-23(26(29,30)31)16-19-12-14-20(15-13-19)18(3)24(6-2)21-10-8-7-9-11-21/h5,12,14-15,18-19,21,23-24H,6-11,13,16-17H2,1-4H3. The normalized spacial score (nSPS) is 24.6. The maximum absolute atomic E-state index is 13.7. The molecule has 0 heterocycles. The predicted octanol–water partition coefficient (Wildman–Crippen LogP) is 9.29. The molecule has 0 aromatic rings. The lowest BCUT2D eigenvalue weighted by Gasteiger charge is -2.35. The highest BCUT2D eigenvalue weighted by Crippen LogP contribution is 2.43. The van der Waals surface area contributed by atoms with Gasteiger partial charge in [0.25, 0.3) is 5.92 Å². The van der Waals surface area contributed by atoms with E-state index in [-0.39, 0.29) is 12.3 Å². The summed E-state index contributed by atoms with van der Waals surface area (Å²) >= 11 is 0. The molecule has 0 aromatic carbocycles. The molecule has 4 atom stereocenters. The van der Waals surface area contributed by atoms with Crippen molar-refractivity contribution in [3.8, 4) is 0 Å². The van der Waals surface area contributed by atoms with Crippen molar-refractivity contribution >= 4 is 0 Å². The lowest BCUT2D eigenvalue weighted by molar-refractivity contribution is -0.179. The number of halogens is 5.